The molecule has 4 N–H and O–H groups in total. The first kappa shape index (κ1) is 26.1. The maximum Gasteiger partial charge on any atom is 0.270 e. The van der Waals surface area contributed by atoms with Crippen LogP contribution in [0.25, 0.3) is 0 Å². The van der Waals surface area contributed by atoms with Gasteiger partial charge in [-0.3, -0.25) is 9.59 Å². The second-order valence-corrected chi connectivity index (χ2v) is 12.1. The molecule has 1 aromatic carbocycles. The number of rotatable bonds is 7. The van der Waals surface area contributed by atoms with Crippen LogP contribution in [-0.4, -0.2) is 77.5 Å². The maximum absolute atomic E-state index is 13.3. The third kappa shape index (κ3) is 5.22. The normalized spacial score (nSPS) is 31.3. The van der Waals surface area contributed by atoms with Crippen molar-refractivity contribution < 1.29 is 19.8 Å². The molecule has 2 unspecified atom stereocenters. The molecule has 4 aliphatic carbocycles. The van der Waals surface area contributed by atoms with Crippen LogP contribution in [0.5, 0.6) is 0 Å². The number of hydrogen-bond donors (Lipinski definition) is 4. The molecule has 3 atom stereocenters. The summed E-state index contributed by atoms with van der Waals surface area (Å²) in [6, 6.07) is 13.5. The molecule has 5 fully saturated rings. The van der Waals surface area contributed by atoms with Crippen molar-refractivity contribution in [2.75, 3.05) is 42.6 Å². The minimum absolute atomic E-state index is 0.0819. The first-order chi connectivity index (χ1) is 18.8. The molecule has 0 radical (unpaired) electrons. The van der Waals surface area contributed by atoms with Gasteiger partial charge in [0.05, 0.1) is 12.2 Å². The Morgan fingerprint density at radius 3 is 2.44 bits per heavy atom. The minimum Gasteiger partial charge on any atom is -0.395 e. The second kappa shape index (κ2) is 10.4. The number of aliphatic hydroxyl groups is 2. The van der Waals surface area contributed by atoms with E-state index in [2.05, 4.69) is 27.4 Å². The summed E-state index contributed by atoms with van der Waals surface area (Å²) in [6.07, 6.45) is 4.76. The zero-order valence-corrected chi connectivity index (χ0v) is 22.6. The van der Waals surface area contributed by atoms with Crippen molar-refractivity contribution in [3.63, 3.8) is 0 Å². The van der Waals surface area contributed by atoms with Crippen LogP contribution >= 0.6 is 0 Å². The van der Waals surface area contributed by atoms with Gasteiger partial charge in [0.1, 0.15) is 11.5 Å². The number of aliphatic hydroxyl groups excluding tert-OH is 1. The van der Waals surface area contributed by atoms with E-state index in [1.165, 1.54) is 0 Å². The predicted octanol–water partition coefficient (Wildman–Crippen LogP) is 2.19. The van der Waals surface area contributed by atoms with Gasteiger partial charge in [0.25, 0.3) is 11.8 Å². The van der Waals surface area contributed by atoms with Gasteiger partial charge in [-0.2, -0.15) is 0 Å². The Hall–Kier alpha value is -3.17. The lowest BCUT2D eigenvalue weighted by molar-refractivity contribution is -0.136. The number of piperazine rings is 1. The van der Waals surface area contributed by atoms with Crippen LogP contribution in [0, 0.1) is 17.8 Å². The Kier molecular flexibility index (Phi) is 6.97. The Balaban J connectivity index is 1.08. The van der Waals surface area contributed by atoms with E-state index in [1.807, 2.05) is 36.4 Å². The summed E-state index contributed by atoms with van der Waals surface area (Å²) in [6.45, 7) is 4.68. The molecule has 4 bridgehead atoms. The van der Waals surface area contributed by atoms with Gasteiger partial charge < -0.3 is 30.6 Å². The van der Waals surface area contributed by atoms with Gasteiger partial charge in [-0.1, -0.05) is 6.07 Å². The van der Waals surface area contributed by atoms with E-state index in [1.54, 1.807) is 6.07 Å². The molecular formula is C30H39N5O4. The SMILES string of the molecule is C[C@@H]1CN(c2ccc(C(=O)NCCO)cc2)CCN1c1cccc(C(=O)N[C@H]2C3CC4CC2C[C@](O)(C4)C3)n1. The van der Waals surface area contributed by atoms with E-state index in [0.29, 0.717) is 29.0 Å². The van der Waals surface area contributed by atoms with E-state index >= 15 is 0 Å². The molecule has 0 spiro atoms. The largest absolute Gasteiger partial charge is 0.395 e. The number of carbonyl (C=O) groups is 2. The van der Waals surface area contributed by atoms with Crippen LogP contribution in [0.4, 0.5) is 11.5 Å². The molecule has 39 heavy (non-hydrogen) atoms. The van der Waals surface area contributed by atoms with Crippen LogP contribution in [0.2, 0.25) is 0 Å². The van der Waals surface area contributed by atoms with Crippen LogP contribution in [0.3, 0.4) is 0 Å². The summed E-state index contributed by atoms with van der Waals surface area (Å²) in [5, 5.41) is 25.8. The van der Waals surface area contributed by atoms with Crippen molar-refractivity contribution in [3.8, 4) is 0 Å². The van der Waals surface area contributed by atoms with E-state index in [0.717, 1.165) is 63.2 Å². The third-order valence-electron chi connectivity index (χ3n) is 9.32. The molecule has 9 heteroatoms. The van der Waals surface area contributed by atoms with Crippen LogP contribution in [-0.2, 0) is 0 Å². The summed E-state index contributed by atoms with van der Waals surface area (Å²) < 4.78 is 0. The number of amides is 2. The first-order valence-electron chi connectivity index (χ1n) is 14.3. The molecule has 9 nitrogen and oxygen atoms in total. The molecule has 1 saturated heterocycles. The fourth-order valence-corrected chi connectivity index (χ4v) is 7.78. The lowest BCUT2D eigenvalue weighted by Gasteiger charge is -2.58. The molecule has 2 heterocycles. The van der Waals surface area contributed by atoms with Crippen LogP contribution in [0.15, 0.2) is 42.5 Å². The van der Waals surface area contributed by atoms with Gasteiger partial charge in [-0.05, 0) is 93.2 Å². The van der Waals surface area contributed by atoms with E-state index < -0.39 is 5.60 Å². The van der Waals surface area contributed by atoms with Crippen molar-refractivity contribution in [1.82, 2.24) is 15.6 Å². The number of nitrogens with zero attached hydrogens (tertiary/aromatic N) is 3. The summed E-state index contributed by atoms with van der Waals surface area (Å²) in [5.74, 6) is 1.85. The molecular weight excluding hydrogens is 494 g/mol. The molecule has 2 amide bonds. The zero-order chi connectivity index (χ0) is 27.1. The number of pyridine rings is 1. The van der Waals surface area contributed by atoms with Gasteiger partial charge in [0.2, 0.25) is 0 Å². The van der Waals surface area contributed by atoms with Gasteiger partial charge in [0.15, 0.2) is 0 Å². The van der Waals surface area contributed by atoms with Crippen LogP contribution < -0.4 is 20.4 Å². The number of hydrogen-bond acceptors (Lipinski definition) is 7. The minimum atomic E-state index is -0.509. The average Bonchev–Trinajstić information content (AvgIpc) is 2.92. The molecule has 5 aliphatic rings. The highest BCUT2D eigenvalue weighted by Crippen LogP contribution is 2.55. The number of anilines is 2. The summed E-state index contributed by atoms with van der Waals surface area (Å²) >= 11 is 0. The average molecular weight is 534 g/mol. The van der Waals surface area contributed by atoms with Gasteiger partial charge >= 0.3 is 0 Å². The lowest BCUT2D eigenvalue weighted by atomic mass is 9.52. The second-order valence-electron chi connectivity index (χ2n) is 12.1. The smallest absolute Gasteiger partial charge is 0.270 e. The highest BCUT2D eigenvalue weighted by Gasteiger charge is 2.55. The summed E-state index contributed by atoms with van der Waals surface area (Å²) in [5.41, 5.74) is 1.57. The standard InChI is InChI=1S/C30H39N5O4/c1-19-18-34(24-7-5-21(6-8-24)28(37)31-9-12-36)10-11-35(19)26-4-2-3-25(32-26)29(38)33-27-22-13-20-14-23(27)17-30(39,15-20)16-22/h2-8,19-20,22-23,27,36,39H,9-18H2,1H3,(H,31,37)(H,33,38)/t19-,20?,22?,23?,27-,30-/m1/s1. The van der Waals surface area contributed by atoms with E-state index in [-0.39, 0.29) is 37.0 Å². The molecule has 2 aromatic rings. The first-order valence-corrected chi connectivity index (χ1v) is 14.3. The number of benzene rings is 1. The van der Waals surface area contributed by atoms with Crippen molar-refractivity contribution in [2.45, 2.75) is 56.7 Å². The zero-order valence-electron chi connectivity index (χ0n) is 22.6. The van der Waals surface area contributed by atoms with Crippen molar-refractivity contribution in [2.24, 2.45) is 17.8 Å². The Morgan fingerprint density at radius 2 is 1.77 bits per heavy atom. The number of carbonyl (C=O) groups excluding carboxylic acids is 2. The topological polar surface area (TPSA) is 118 Å². The molecule has 1 aromatic heterocycles. The summed E-state index contributed by atoms with van der Waals surface area (Å²) in [4.78, 5) is 34.8. The molecule has 4 saturated carbocycles. The fourth-order valence-electron chi connectivity index (χ4n) is 7.78. The van der Waals surface area contributed by atoms with E-state index in [4.69, 9.17) is 10.1 Å². The maximum atomic E-state index is 13.3. The van der Waals surface area contributed by atoms with Crippen molar-refractivity contribution in [3.05, 3.63) is 53.7 Å². The lowest BCUT2D eigenvalue weighted by Crippen LogP contribution is -2.61. The number of aromatic nitrogens is 1. The van der Waals surface area contributed by atoms with Crippen molar-refractivity contribution >= 4 is 23.3 Å². The number of nitrogens with one attached hydrogen (secondary N) is 2. The molecule has 1 aliphatic heterocycles. The van der Waals surface area contributed by atoms with Gasteiger partial charge in [-0.15, -0.1) is 0 Å². The Morgan fingerprint density at radius 1 is 1.03 bits per heavy atom. The van der Waals surface area contributed by atoms with Crippen molar-refractivity contribution in [1.29, 1.82) is 0 Å². The fraction of sp³-hybridized carbons (Fsp3) is 0.567. The third-order valence-corrected chi connectivity index (χ3v) is 9.32. The van der Waals surface area contributed by atoms with Gasteiger partial charge in [0, 0.05) is 49.5 Å². The van der Waals surface area contributed by atoms with Crippen LogP contribution in [0.1, 0.15) is 59.9 Å². The Labute approximate surface area is 229 Å². The molecule has 208 valence electrons. The van der Waals surface area contributed by atoms with E-state index in [9.17, 15) is 14.7 Å². The van der Waals surface area contributed by atoms with Gasteiger partial charge in [-0.25, -0.2) is 4.98 Å². The molecule has 7 rings (SSSR count). The summed E-state index contributed by atoms with van der Waals surface area (Å²) in [7, 11) is 0. The predicted molar refractivity (Wildman–Crippen MR) is 149 cm³/mol. The monoisotopic (exact) mass is 533 g/mol. The highest BCUT2D eigenvalue weighted by molar-refractivity contribution is 5.94. The quantitative estimate of drug-likeness (QED) is 0.431. The highest BCUT2D eigenvalue weighted by atomic mass is 16.3. The Bertz CT molecular complexity index is 1200.